The third-order valence-electron chi connectivity index (χ3n) is 4.48. The normalized spacial score (nSPS) is 18.4. The van der Waals surface area contributed by atoms with E-state index in [1.54, 1.807) is 30.5 Å². The number of carbonyl (C=O) groups excluding carboxylic acids is 2. The molecule has 2 aromatic rings. The molecule has 2 aromatic heterocycles. The van der Waals surface area contributed by atoms with Gasteiger partial charge in [-0.05, 0) is 42.7 Å². The van der Waals surface area contributed by atoms with E-state index in [0.29, 0.717) is 19.5 Å². The minimum atomic E-state index is -0.209. The van der Waals surface area contributed by atoms with Gasteiger partial charge in [0.25, 0.3) is 0 Å². The topological polar surface area (TPSA) is 75.2 Å². The molecule has 2 amide bonds. The molecular formula is C19H22N4O2. The molecule has 130 valence electrons. The third-order valence-corrected chi connectivity index (χ3v) is 4.48. The molecule has 2 atom stereocenters. The van der Waals surface area contributed by atoms with Crippen LogP contribution in [-0.4, -0.2) is 40.3 Å². The number of carbonyl (C=O) groups is 2. The SMILES string of the molecule is CN(CCc1ccncc1)C(=O)C1CC1C(=O)NCc1ccccn1. The van der Waals surface area contributed by atoms with Crippen molar-refractivity contribution in [1.29, 1.82) is 0 Å². The Balaban J connectivity index is 1.42. The van der Waals surface area contributed by atoms with Crippen LogP contribution in [0.2, 0.25) is 0 Å². The molecule has 0 bridgehead atoms. The first-order valence-corrected chi connectivity index (χ1v) is 8.46. The van der Waals surface area contributed by atoms with Crippen LogP contribution in [0.5, 0.6) is 0 Å². The first-order chi connectivity index (χ1) is 12.1. The second-order valence-electron chi connectivity index (χ2n) is 6.35. The molecule has 2 heterocycles. The zero-order valence-electron chi connectivity index (χ0n) is 14.3. The van der Waals surface area contributed by atoms with Gasteiger partial charge in [0.1, 0.15) is 0 Å². The Morgan fingerprint density at radius 3 is 2.68 bits per heavy atom. The minimum Gasteiger partial charge on any atom is -0.350 e. The van der Waals surface area contributed by atoms with Gasteiger partial charge in [0, 0.05) is 32.2 Å². The van der Waals surface area contributed by atoms with E-state index in [4.69, 9.17) is 0 Å². The number of aromatic nitrogens is 2. The summed E-state index contributed by atoms with van der Waals surface area (Å²) in [7, 11) is 1.80. The van der Waals surface area contributed by atoms with Crippen LogP contribution in [0.25, 0.3) is 0 Å². The Labute approximate surface area is 147 Å². The molecule has 0 radical (unpaired) electrons. The fourth-order valence-corrected chi connectivity index (χ4v) is 2.81. The summed E-state index contributed by atoms with van der Waals surface area (Å²) in [5.74, 6) is -0.413. The highest BCUT2D eigenvalue weighted by Crippen LogP contribution is 2.40. The van der Waals surface area contributed by atoms with Crippen LogP contribution in [0, 0.1) is 11.8 Å². The summed E-state index contributed by atoms with van der Waals surface area (Å²) < 4.78 is 0. The average molecular weight is 338 g/mol. The van der Waals surface area contributed by atoms with Crippen LogP contribution < -0.4 is 5.32 Å². The molecule has 1 N–H and O–H groups in total. The molecule has 0 spiro atoms. The number of nitrogens with zero attached hydrogens (tertiary/aromatic N) is 3. The van der Waals surface area contributed by atoms with Crippen molar-refractivity contribution in [3.8, 4) is 0 Å². The maximum Gasteiger partial charge on any atom is 0.226 e. The lowest BCUT2D eigenvalue weighted by atomic mass is 10.2. The third kappa shape index (κ3) is 4.62. The molecule has 3 rings (SSSR count). The monoisotopic (exact) mass is 338 g/mol. The number of pyridine rings is 2. The molecule has 0 saturated heterocycles. The van der Waals surface area contributed by atoms with Crippen molar-refractivity contribution >= 4 is 11.8 Å². The molecule has 1 aliphatic rings. The molecule has 6 nitrogen and oxygen atoms in total. The molecule has 0 aliphatic heterocycles. The Hall–Kier alpha value is -2.76. The molecule has 1 saturated carbocycles. The average Bonchev–Trinajstić information content (AvgIpc) is 3.46. The highest BCUT2D eigenvalue weighted by atomic mass is 16.2. The second kappa shape index (κ2) is 7.88. The van der Waals surface area contributed by atoms with E-state index in [2.05, 4.69) is 15.3 Å². The van der Waals surface area contributed by atoms with Crippen LogP contribution in [-0.2, 0) is 22.6 Å². The molecular weight excluding hydrogens is 316 g/mol. The van der Waals surface area contributed by atoms with Crippen LogP contribution in [0.1, 0.15) is 17.7 Å². The number of hydrogen-bond acceptors (Lipinski definition) is 4. The van der Waals surface area contributed by atoms with Crippen molar-refractivity contribution < 1.29 is 9.59 Å². The van der Waals surface area contributed by atoms with E-state index >= 15 is 0 Å². The summed E-state index contributed by atoms with van der Waals surface area (Å²) in [6, 6.07) is 9.48. The number of amides is 2. The molecule has 1 aliphatic carbocycles. The predicted molar refractivity (Wildman–Crippen MR) is 93.3 cm³/mol. The van der Waals surface area contributed by atoms with Crippen molar-refractivity contribution in [3.63, 3.8) is 0 Å². The number of nitrogens with one attached hydrogen (secondary N) is 1. The summed E-state index contributed by atoms with van der Waals surface area (Å²) in [4.78, 5) is 34.5. The van der Waals surface area contributed by atoms with Crippen molar-refractivity contribution in [1.82, 2.24) is 20.2 Å². The molecule has 1 fully saturated rings. The van der Waals surface area contributed by atoms with Crippen molar-refractivity contribution in [2.45, 2.75) is 19.4 Å². The Morgan fingerprint density at radius 2 is 1.96 bits per heavy atom. The van der Waals surface area contributed by atoms with Crippen LogP contribution in [0.3, 0.4) is 0 Å². The van der Waals surface area contributed by atoms with Gasteiger partial charge in [0.15, 0.2) is 0 Å². The molecule has 6 heteroatoms. The van der Waals surface area contributed by atoms with Gasteiger partial charge in [-0.3, -0.25) is 19.6 Å². The molecule has 25 heavy (non-hydrogen) atoms. The Kier molecular flexibility index (Phi) is 5.38. The summed E-state index contributed by atoms with van der Waals surface area (Å²) in [5, 5.41) is 2.86. The summed E-state index contributed by atoms with van der Waals surface area (Å²) >= 11 is 0. The summed E-state index contributed by atoms with van der Waals surface area (Å²) in [6.07, 6.45) is 6.61. The lowest BCUT2D eigenvalue weighted by Crippen LogP contribution is -2.33. The van der Waals surface area contributed by atoms with Gasteiger partial charge in [-0.25, -0.2) is 0 Å². The van der Waals surface area contributed by atoms with E-state index < -0.39 is 0 Å². The number of likely N-dealkylation sites (N-methyl/N-ethyl adjacent to an activating group) is 1. The standard InChI is InChI=1S/C19H22N4O2/c1-23(11-7-14-5-9-20-10-6-14)19(25)17-12-16(17)18(24)22-13-15-4-2-3-8-21-15/h2-6,8-10,16-17H,7,11-13H2,1H3,(H,22,24). The van der Waals surface area contributed by atoms with E-state index in [1.165, 1.54) is 0 Å². The molecule has 2 unspecified atom stereocenters. The largest absolute Gasteiger partial charge is 0.350 e. The maximum absolute atomic E-state index is 12.4. The van der Waals surface area contributed by atoms with Crippen molar-refractivity contribution in [2.24, 2.45) is 11.8 Å². The summed E-state index contributed by atoms with van der Waals surface area (Å²) in [5.41, 5.74) is 1.96. The van der Waals surface area contributed by atoms with Gasteiger partial charge in [0.2, 0.25) is 11.8 Å². The number of hydrogen-bond donors (Lipinski definition) is 1. The lowest BCUT2D eigenvalue weighted by molar-refractivity contribution is -0.133. The van der Waals surface area contributed by atoms with Gasteiger partial charge in [-0.15, -0.1) is 0 Å². The first kappa shape index (κ1) is 17.1. The number of rotatable bonds is 7. The zero-order valence-corrected chi connectivity index (χ0v) is 14.3. The fraction of sp³-hybridized carbons (Fsp3) is 0.368. The minimum absolute atomic E-state index is 0.0482. The van der Waals surface area contributed by atoms with Crippen molar-refractivity contribution in [2.75, 3.05) is 13.6 Å². The Morgan fingerprint density at radius 1 is 1.16 bits per heavy atom. The van der Waals surface area contributed by atoms with Gasteiger partial charge in [-0.2, -0.15) is 0 Å². The maximum atomic E-state index is 12.4. The van der Waals surface area contributed by atoms with Crippen LogP contribution >= 0.6 is 0 Å². The van der Waals surface area contributed by atoms with Gasteiger partial charge < -0.3 is 10.2 Å². The van der Waals surface area contributed by atoms with Gasteiger partial charge in [0.05, 0.1) is 24.1 Å². The quantitative estimate of drug-likeness (QED) is 0.829. The van der Waals surface area contributed by atoms with Gasteiger partial charge in [-0.1, -0.05) is 6.07 Å². The van der Waals surface area contributed by atoms with E-state index in [-0.39, 0.29) is 23.7 Å². The highest BCUT2D eigenvalue weighted by molar-refractivity contribution is 5.92. The van der Waals surface area contributed by atoms with Gasteiger partial charge >= 0.3 is 0 Å². The molecule has 0 aromatic carbocycles. The fourth-order valence-electron chi connectivity index (χ4n) is 2.81. The highest BCUT2D eigenvalue weighted by Gasteiger charge is 2.48. The van der Waals surface area contributed by atoms with E-state index in [1.807, 2.05) is 30.3 Å². The summed E-state index contributed by atoms with van der Waals surface area (Å²) in [6.45, 7) is 1.04. The van der Waals surface area contributed by atoms with Crippen LogP contribution in [0.4, 0.5) is 0 Å². The van der Waals surface area contributed by atoms with Crippen LogP contribution in [0.15, 0.2) is 48.9 Å². The second-order valence-corrected chi connectivity index (χ2v) is 6.35. The predicted octanol–water partition coefficient (Wildman–Crippen LogP) is 1.43. The first-order valence-electron chi connectivity index (χ1n) is 8.46. The van der Waals surface area contributed by atoms with E-state index in [0.717, 1.165) is 17.7 Å². The zero-order chi connectivity index (χ0) is 17.6. The van der Waals surface area contributed by atoms with Crippen molar-refractivity contribution in [3.05, 3.63) is 60.2 Å². The smallest absolute Gasteiger partial charge is 0.226 e. The lowest BCUT2D eigenvalue weighted by Gasteiger charge is -2.17. The van der Waals surface area contributed by atoms with E-state index in [9.17, 15) is 9.59 Å². The Bertz CT molecular complexity index is 721.